The minimum atomic E-state index is -4.95. The third-order valence-corrected chi connectivity index (χ3v) is 19.2. The maximum atomic E-state index is 13.1. The fourth-order valence-corrected chi connectivity index (χ4v) is 12.9. The molecular weight excluding hydrogens is 1220 g/mol. The topological polar surface area (TPSA) is 237 Å². The summed E-state index contributed by atoms with van der Waals surface area (Å²) >= 11 is 0. The average molecular weight is 1370 g/mol. The van der Waals surface area contributed by atoms with Crippen LogP contribution in [0.1, 0.15) is 388 Å². The SMILES string of the molecule is CCCCCCCCCCCCCCCCCCCCCCC(=O)O[C@H](COC(=O)CCCCCCCCCCCCCCC)COP(=O)(O)OC[C@@H](O)COP(=O)(O)OC[C@@H](COC(=O)CCCCCCCCC(C)C)OC(=O)CCCCCCCCCCCCC. The van der Waals surface area contributed by atoms with E-state index in [1.807, 2.05) is 0 Å². The van der Waals surface area contributed by atoms with Gasteiger partial charge in [0.25, 0.3) is 0 Å². The molecule has 0 aromatic heterocycles. The van der Waals surface area contributed by atoms with Crippen LogP contribution in [0.4, 0.5) is 0 Å². The Hall–Kier alpha value is -1.94. The number of esters is 4. The highest BCUT2D eigenvalue weighted by Gasteiger charge is 2.30. The minimum Gasteiger partial charge on any atom is -0.462 e. The molecule has 17 nitrogen and oxygen atoms in total. The second kappa shape index (κ2) is 67.3. The molecule has 0 aliphatic rings. The zero-order chi connectivity index (χ0) is 68.4. The van der Waals surface area contributed by atoms with Crippen LogP contribution in [-0.2, 0) is 65.4 Å². The van der Waals surface area contributed by atoms with Crippen molar-refractivity contribution < 1.29 is 80.2 Å². The monoisotopic (exact) mass is 1370 g/mol. The van der Waals surface area contributed by atoms with E-state index in [4.69, 9.17) is 37.0 Å². The quantitative estimate of drug-likeness (QED) is 0.0222. The minimum absolute atomic E-state index is 0.106. The van der Waals surface area contributed by atoms with Gasteiger partial charge in [-0.25, -0.2) is 9.13 Å². The molecule has 0 saturated carbocycles. The summed E-state index contributed by atoms with van der Waals surface area (Å²) in [6, 6.07) is 0. The van der Waals surface area contributed by atoms with Crippen LogP contribution >= 0.6 is 15.6 Å². The van der Waals surface area contributed by atoms with Gasteiger partial charge in [-0.3, -0.25) is 37.3 Å². The molecule has 0 radical (unpaired) electrons. The number of aliphatic hydroxyl groups excluding tert-OH is 1. The number of rotatable bonds is 74. The average Bonchev–Trinajstić information content (AvgIpc) is 1.76. The van der Waals surface area contributed by atoms with E-state index in [1.54, 1.807) is 0 Å². The number of carbonyl (C=O) groups is 4. The molecule has 0 amide bonds. The van der Waals surface area contributed by atoms with Crippen LogP contribution in [0.2, 0.25) is 0 Å². The van der Waals surface area contributed by atoms with E-state index in [9.17, 15) is 43.2 Å². The second-order valence-electron chi connectivity index (χ2n) is 27.2. The first-order valence-electron chi connectivity index (χ1n) is 38.6. The van der Waals surface area contributed by atoms with E-state index in [0.717, 1.165) is 96.3 Å². The smallest absolute Gasteiger partial charge is 0.462 e. The van der Waals surface area contributed by atoms with Gasteiger partial charge < -0.3 is 33.8 Å². The molecule has 0 fully saturated rings. The number of phosphoric ester groups is 2. The lowest BCUT2D eigenvalue weighted by Gasteiger charge is -2.21. The molecule has 0 heterocycles. The van der Waals surface area contributed by atoms with Crippen LogP contribution < -0.4 is 0 Å². The molecule has 2 unspecified atom stereocenters. The van der Waals surface area contributed by atoms with Crippen molar-refractivity contribution >= 4 is 39.5 Å². The third kappa shape index (κ3) is 68.4. The van der Waals surface area contributed by atoms with Crippen molar-refractivity contribution in [2.24, 2.45) is 5.92 Å². The van der Waals surface area contributed by atoms with Gasteiger partial charge in [0.15, 0.2) is 12.2 Å². The maximum Gasteiger partial charge on any atom is 0.472 e. The van der Waals surface area contributed by atoms with E-state index in [0.29, 0.717) is 31.6 Å². The van der Waals surface area contributed by atoms with Crippen molar-refractivity contribution in [3.63, 3.8) is 0 Å². The molecule has 5 atom stereocenters. The summed E-state index contributed by atoms with van der Waals surface area (Å²) in [5.74, 6) is -1.44. The molecule has 552 valence electrons. The molecule has 0 aromatic carbocycles. The number of unbranched alkanes of at least 4 members (excludes halogenated alkanes) is 46. The van der Waals surface area contributed by atoms with Crippen LogP contribution in [0, 0.1) is 5.92 Å². The van der Waals surface area contributed by atoms with Crippen LogP contribution in [0.5, 0.6) is 0 Å². The van der Waals surface area contributed by atoms with Crippen molar-refractivity contribution in [1.82, 2.24) is 0 Å². The third-order valence-electron chi connectivity index (χ3n) is 17.3. The lowest BCUT2D eigenvalue weighted by molar-refractivity contribution is -0.161. The molecular formula is C74H144O17P2. The van der Waals surface area contributed by atoms with Gasteiger partial charge in [0.2, 0.25) is 0 Å². The number of ether oxygens (including phenoxy) is 4. The summed E-state index contributed by atoms with van der Waals surface area (Å²) < 4.78 is 68.4. The lowest BCUT2D eigenvalue weighted by Crippen LogP contribution is -2.30. The molecule has 0 spiro atoms. The summed E-state index contributed by atoms with van der Waals surface area (Å²) in [7, 11) is -9.90. The molecule has 0 aliphatic carbocycles. The van der Waals surface area contributed by atoms with E-state index >= 15 is 0 Å². The summed E-state index contributed by atoms with van der Waals surface area (Å²) in [5.41, 5.74) is 0. The maximum absolute atomic E-state index is 13.1. The van der Waals surface area contributed by atoms with E-state index < -0.39 is 97.5 Å². The summed E-state index contributed by atoms with van der Waals surface area (Å²) in [6.07, 6.45) is 55.7. The zero-order valence-corrected chi connectivity index (χ0v) is 62.2. The normalized spacial score (nSPS) is 14.0. The highest BCUT2D eigenvalue weighted by molar-refractivity contribution is 7.47. The van der Waals surface area contributed by atoms with Gasteiger partial charge in [-0.05, 0) is 31.6 Å². The Morgan fingerprint density at radius 3 is 0.731 bits per heavy atom. The van der Waals surface area contributed by atoms with Gasteiger partial charge in [0.1, 0.15) is 19.3 Å². The first-order chi connectivity index (χ1) is 45.0. The summed E-state index contributed by atoms with van der Waals surface area (Å²) in [6.45, 7) is 7.19. The predicted octanol–water partition coefficient (Wildman–Crippen LogP) is 21.7. The Bertz CT molecular complexity index is 1790. The van der Waals surface area contributed by atoms with Gasteiger partial charge >= 0.3 is 39.5 Å². The van der Waals surface area contributed by atoms with Crippen molar-refractivity contribution in [3.05, 3.63) is 0 Å². The number of hydrogen-bond donors (Lipinski definition) is 3. The van der Waals surface area contributed by atoms with Crippen molar-refractivity contribution in [2.75, 3.05) is 39.6 Å². The Morgan fingerprint density at radius 2 is 0.495 bits per heavy atom. The molecule has 3 N–H and O–H groups in total. The van der Waals surface area contributed by atoms with E-state index in [-0.39, 0.29) is 25.7 Å². The summed E-state index contributed by atoms with van der Waals surface area (Å²) in [5, 5.41) is 10.6. The molecule has 0 bridgehead atoms. The predicted molar refractivity (Wildman–Crippen MR) is 377 cm³/mol. The van der Waals surface area contributed by atoms with Crippen molar-refractivity contribution in [1.29, 1.82) is 0 Å². The Labute approximate surface area is 568 Å². The first kappa shape index (κ1) is 91.1. The van der Waals surface area contributed by atoms with Crippen LogP contribution in [0.15, 0.2) is 0 Å². The van der Waals surface area contributed by atoms with Crippen LogP contribution in [0.25, 0.3) is 0 Å². The van der Waals surface area contributed by atoms with E-state index in [2.05, 4.69) is 34.6 Å². The first-order valence-corrected chi connectivity index (χ1v) is 41.6. The van der Waals surface area contributed by atoms with Gasteiger partial charge in [-0.2, -0.15) is 0 Å². The lowest BCUT2D eigenvalue weighted by atomic mass is 10.0. The molecule has 93 heavy (non-hydrogen) atoms. The van der Waals surface area contributed by atoms with Gasteiger partial charge in [-0.15, -0.1) is 0 Å². The van der Waals surface area contributed by atoms with Crippen LogP contribution in [0.3, 0.4) is 0 Å². The number of aliphatic hydroxyl groups is 1. The van der Waals surface area contributed by atoms with E-state index in [1.165, 1.54) is 205 Å². The van der Waals surface area contributed by atoms with Gasteiger partial charge in [-0.1, -0.05) is 336 Å². The Kier molecular flexibility index (Phi) is 65.9. The van der Waals surface area contributed by atoms with Crippen molar-refractivity contribution in [3.8, 4) is 0 Å². The molecule has 19 heteroatoms. The molecule has 0 aromatic rings. The fourth-order valence-electron chi connectivity index (χ4n) is 11.4. The zero-order valence-electron chi connectivity index (χ0n) is 60.4. The van der Waals surface area contributed by atoms with Crippen molar-refractivity contribution in [2.45, 2.75) is 406 Å². The van der Waals surface area contributed by atoms with Gasteiger partial charge in [0, 0.05) is 25.7 Å². The molecule has 0 rings (SSSR count). The largest absolute Gasteiger partial charge is 0.472 e. The molecule has 0 saturated heterocycles. The Morgan fingerprint density at radius 1 is 0.290 bits per heavy atom. The Balaban J connectivity index is 5.19. The number of carbonyl (C=O) groups excluding carboxylic acids is 4. The molecule has 0 aliphatic heterocycles. The highest BCUT2D eigenvalue weighted by Crippen LogP contribution is 2.45. The highest BCUT2D eigenvalue weighted by atomic mass is 31.2. The second-order valence-corrected chi connectivity index (χ2v) is 30.1. The standard InChI is InChI=1S/C74H144O17P2/c1-6-9-12-15-18-21-24-26-27-28-29-30-31-32-34-37-40-43-50-55-60-74(79)90-69(63-84-71(76)57-52-47-41-38-36-33-25-22-19-16-13-10-7-2)65-88-92(80,81)86-61-68(75)62-87-93(82,83)89-66-70(64-85-72(77)58-53-48-45-44-46-51-56-67(4)5)91-73(78)59-54-49-42-39-35-23-20-17-14-11-8-3/h67-70,75H,6-66H2,1-5H3,(H,80,81)(H,82,83)/t68-,69-,70-/m1/s1. The van der Waals surface area contributed by atoms with Gasteiger partial charge in [0.05, 0.1) is 26.4 Å². The summed E-state index contributed by atoms with van der Waals surface area (Å²) in [4.78, 5) is 72.6. The fraction of sp³-hybridized carbons (Fsp3) is 0.946. The number of hydrogen-bond acceptors (Lipinski definition) is 15. The number of phosphoric acid groups is 2. The van der Waals surface area contributed by atoms with Crippen LogP contribution in [-0.4, -0.2) is 96.7 Å².